The fraction of sp³-hybridized carbons (Fsp3) is 0.107. The molecular formula is C28H21N3O2S. The zero-order chi connectivity index (χ0) is 23.8. The van der Waals surface area contributed by atoms with Crippen LogP contribution >= 0.6 is 11.3 Å². The number of fused-ring (bicyclic) bond motifs is 1. The van der Waals surface area contributed by atoms with Crippen LogP contribution < -0.4 is 5.32 Å². The highest BCUT2D eigenvalue weighted by Gasteiger charge is 2.20. The molecule has 1 N–H and O–H groups in total. The van der Waals surface area contributed by atoms with Gasteiger partial charge in [0.2, 0.25) is 0 Å². The van der Waals surface area contributed by atoms with E-state index in [1.165, 1.54) is 11.3 Å². The summed E-state index contributed by atoms with van der Waals surface area (Å²) in [5.74, 6) is 1.07. The van der Waals surface area contributed by atoms with Crippen molar-refractivity contribution in [3.63, 3.8) is 0 Å². The molecule has 1 amide bonds. The van der Waals surface area contributed by atoms with Gasteiger partial charge in [-0.3, -0.25) is 4.79 Å². The third-order valence-electron chi connectivity index (χ3n) is 5.77. The van der Waals surface area contributed by atoms with E-state index in [1.807, 2.05) is 74.7 Å². The summed E-state index contributed by atoms with van der Waals surface area (Å²) < 4.78 is 5.75. The number of nitrogens with one attached hydrogen (secondary N) is 1. The molecule has 0 aliphatic heterocycles. The topological polar surface area (TPSA) is 78.9 Å². The van der Waals surface area contributed by atoms with Crippen LogP contribution in [0.3, 0.4) is 0 Å². The van der Waals surface area contributed by atoms with Crippen LogP contribution in [0, 0.1) is 32.1 Å². The highest BCUT2D eigenvalue weighted by molar-refractivity contribution is 7.15. The summed E-state index contributed by atoms with van der Waals surface area (Å²) in [6.45, 7) is 5.91. The van der Waals surface area contributed by atoms with Crippen molar-refractivity contribution < 1.29 is 9.21 Å². The molecule has 5 nitrogen and oxygen atoms in total. The molecule has 2 aromatic carbocycles. The molecule has 0 spiro atoms. The first kappa shape index (κ1) is 21.6. The number of rotatable bonds is 4. The van der Waals surface area contributed by atoms with E-state index in [0.717, 1.165) is 33.4 Å². The van der Waals surface area contributed by atoms with Crippen molar-refractivity contribution in [3.8, 4) is 28.7 Å². The second-order valence-corrected chi connectivity index (χ2v) is 9.10. The number of nitrogens with zero attached hydrogens (tertiary/aromatic N) is 2. The molecule has 166 valence electrons. The van der Waals surface area contributed by atoms with E-state index < -0.39 is 0 Å². The third-order valence-corrected chi connectivity index (χ3v) is 6.66. The van der Waals surface area contributed by atoms with E-state index in [-0.39, 0.29) is 5.91 Å². The largest absolute Gasteiger partial charge is 0.460 e. The molecule has 5 rings (SSSR count). The molecule has 0 radical (unpaired) electrons. The second-order valence-electron chi connectivity index (χ2n) is 8.22. The van der Waals surface area contributed by atoms with Crippen LogP contribution in [-0.4, -0.2) is 10.9 Å². The Kier molecular flexibility index (Phi) is 5.48. The lowest BCUT2D eigenvalue weighted by Crippen LogP contribution is -2.13. The smallest absolute Gasteiger partial charge is 0.257 e. The monoisotopic (exact) mass is 463 g/mol. The standard InChI is InChI=1S/C28H21N3O2S/c1-16-8-9-17(2)20(12-16)23-15-34-28(22(23)14-29)31-27(32)21-13-25(26-11-10-18(3)33-26)30-24-7-5-4-6-19(21)24/h4-13,15H,1-3H3,(H,31,32). The Morgan fingerprint density at radius 3 is 2.62 bits per heavy atom. The van der Waals surface area contributed by atoms with Crippen LogP contribution in [0.15, 0.2) is 70.5 Å². The predicted molar refractivity (Wildman–Crippen MR) is 136 cm³/mol. The molecule has 0 saturated carbocycles. The maximum absolute atomic E-state index is 13.5. The molecule has 0 atom stereocenters. The van der Waals surface area contributed by atoms with Gasteiger partial charge in [0.05, 0.1) is 16.6 Å². The van der Waals surface area contributed by atoms with Crippen molar-refractivity contribution in [1.82, 2.24) is 4.98 Å². The molecule has 0 aliphatic carbocycles. The van der Waals surface area contributed by atoms with Gasteiger partial charge in [-0.05, 0) is 56.2 Å². The molecule has 0 aliphatic rings. The number of hydrogen-bond acceptors (Lipinski definition) is 5. The van der Waals surface area contributed by atoms with Crippen LogP contribution in [0.25, 0.3) is 33.5 Å². The van der Waals surface area contributed by atoms with Crippen LogP contribution in [0.5, 0.6) is 0 Å². The number of hydrogen-bond donors (Lipinski definition) is 1. The van der Waals surface area contributed by atoms with Gasteiger partial charge >= 0.3 is 0 Å². The summed E-state index contributed by atoms with van der Waals surface area (Å²) in [7, 11) is 0. The van der Waals surface area contributed by atoms with Gasteiger partial charge < -0.3 is 9.73 Å². The molecule has 3 heterocycles. The minimum Gasteiger partial charge on any atom is -0.460 e. The van der Waals surface area contributed by atoms with Gasteiger partial charge in [0.1, 0.15) is 22.5 Å². The molecule has 34 heavy (non-hydrogen) atoms. The maximum atomic E-state index is 13.5. The van der Waals surface area contributed by atoms with E-state index in [2.05, 4.69) is 22.4 Å². The van der Waals surface area contributed by atoms with Crippen LogP contribution in [-0.2, 0) is 0 Å². The van der Waals surface area contributed by atoms with E-state index in [9.17, 15) is 10.1 Å². The molecule has 0 bridgehead atoms. The summed E-state index contributed by atoms with van der Waals surface area (Å²) in [5, 5.41) is 16.1. The van der Waals surface area contributed by atoms with Crippen LogP contribution in [0.2, 0.25) is 0 Å². The Balaban J connectivity index is 1.57. The number of aryl methyl sites for hydroxylation is 3. The van der Waals surface area contributed by atoms with Crippen molar-refractivity contribution >= 4 is 33.1 Å². The van der Waals surface area contributed by atoms with E-state index in [0.29, 0.717) is 33.1 Å². The Morgan fingerprint density at radius 1 is 1.03 bits per heavy atom. The fourth-order valence-electron chi connectivity index (χ4n) is 4.02. The number of anilines is 1. The first-order valence-corrected chi connectivity index (χ1v) is 11.7. The van der Waals surface area contributed by atoms with Crippen molar-refractivity contribution in [2.45, 2.75) is 20.8 Å². The summed E-state index contributed by atoms with van der Waals surface area (Å²) in [4.78, 5) is 18.2. The number of nitriles is 1. The second kappa shape index (κ2) is 8.62. The highest BCUT2D eigenvalue weighted by Crippen LogP contribution is 2.37. The molecule has 0 saturated heterocycles. The third kappa shape index (κ3) is 3.87. The fourth-order valence-corrected chi connectivity index (χ4v) is 4.92. The van der Waals surface area contributed by atoms with Gasteiger partial charge in [0.15, 0.2) is 5.76 Å². The summed E-state index contributed by atoms with van der Waals surface area (Å²) in [5.41, 5.74) is 6.24. The summed E-state index contributed by atoms with van der Waals surface area (Å²) in [6.07, 6.45) is 0. The minimum atomic E-state index is -0.297. The number of carbonyl (C=O) groups excluding carboxylic acids is 1. The average molecular weight is 464 g/mol. The Labute approximate surface area is 201 Å². The molecule has 3 aromatic heterocycles. The van der Waals surface area contributed by atoms with Crippen molar-refractivity contribution in [1.29, 1.82) is 5.26 Å². The first-order valence-electron chi connectivity index (χ1n) is 10.8. The maximum Gasteiger partial charge on any atom is 0.257 e. The Hall–Kier alpha value is -4.21. The normalized spacial score (nSPS) is 10.9. The lowest BCUT2D eigenvalue weighted by molar-refractivity contribution is 0.102. The van der Waals surface area contributed by atoms with E-state index in [1.54, 1.807) is 6.07 Å². The van der Waals surface area contributed by atoms with Crippen molar-refractivity contribution in [3.05, 3.63) is 94.1 Å². The number of amides is 1. The predicted octanol–water partition coefficient (Wildman–Crippen LogP) is 7.27. The number of pyridine rings is 1. The molecule has 0 unspecified atom stereocenters. The minimum absolute atomic E-state index is 0.297. The van der Waals surface area contributed by atoms with E-state index in [4.69, 9.17) is 4.42 Å². The number of aromatic nitrogens is 1. The van der Waals surface area contributed by atoms with Gasteiger partial charge in [0, 0.05) is 16.3 Å². The molecule has 0 fully saturated rings. The highest BCUT2D eigenvalue weighted by atomic mass is 32.1. The quantitative estimate of drug-likeness (QED) is 0.304. The van der Waals surface area contributed by atoms with Crippen molar-refractivity contribution in [2.24, 2.45) is 0 Å². The number of carbonyl (C=O) groups is 1. The number of furan rings is 1. The van der Waals surface area contributed by atoms with Crippen LogP contribution in [0.4, 0.5) is 5.00 Å². The summed E-state index contributed by atoms with van der Waals surface area (Å²) in [6, 6.07) is 21.4. The SMILES string of the molecule is Cc1ccc(C)c(-c2csc(NC(=O)c3cc(-c4ccc(C)o4)nc4ccccc34)c2C#N)c1. The Morgan fingerprint density at radius 2 is 1.85 bits per heavy atom. The Bertz CT molecular complexity index is 1600. The summed E-state index contributed by atoms with van der Waals surface area (Å²) >= 11 is 1.35. The lowest BCUT2D eigenvalue weighted by Gasteiger charge is -2.10. The number of benzene rings is 2. The molecule has 5 aromatic rings. The van der Waals surface area contributed by atoms with Crippen molar-refractivity contribution in [2.75, 3.05) is 5.32 Å². The van der Waals surface area contributed by atoms with Gasteiger partial charge in [-0.2, -0.15) is 5.26 Å². The number of thiophene rings is 1. The van der Waals surface area contributed by atoms with Gasteiger partial charge in [-0.25, -0.2) is 4.98 Å². The first-order chi connectivity index (χ1) is 16.4. The molecule has 6 heteroatoms. The van der Waals surface area contributed by atoms with Gasteiger partial charge in [-0.1, -0.05) is 42.0 Å². The lowest BCUT2D eigenvalue weighted by atomic mass is 9.98. The zero-order valence-corrected chi connectivity index (χ0v) is 19.8. The number of para-hydroxylation sites is 1. The van der Waals surface area contributed by atoms with E-state index >= 15 is 0 Å². The average Bonchev–Trinajstić information content (AvgIpc) is 3.45. The molecular weight excluding hydrogens is 442 g/mol. The van der Waals surface area contributed by atoms with Crippen LogP contribution in [0.1, 0.15) is 32.8 Å². The van der Waals surface area contributed by atoms with Gasteiger partial charge in [-0.15, -0.1) is 11.3 Å². The zero-order valence-electron chi connectivity index (χ0n) is 19.0. The van der Waals surface area contributed by atoms with Gasteiger partial charge in [0.25, 0.3) is 5.91 Å².